The molecule has 0 radical (unpaired) electrons. The van der Waals surface area contributed by atoms with Crippen LogP contribution in [0.25, 0.3) is 12.2 Å². The minimum absolute atomic E-state index is 0.179. The van der Waals surface area contributed by atoms with Crippen LogP contribution in [0.2, 0.25) is 0 Å². The number of amides is 6. The maximum Gasteiger partial charge on any atom is 0.326 e. The number of urea groups is 2. The third-order valence-corrected chi connectivity index (χ3v) is 7.57. The number of imide groups is 2. The third kappa shape index (κ3) is 5.68. The fourth-order valence-electron chi connectivity index (χ4n) is 5.04. The number of rotatable bonds is 8. The average molecular weight is 543 g/mol. The van der Waals surface area contributed by atoms with Crippen LogP contribution in [0.1, 0.15) is 25.0 Å². The quantitative estimate of drug-likeness (QED) is 0.497. The SMILES string of the molecule is CC1(C=Cc2ccccc2)NC(=O)N(CN2CCN(CN3C(=O)NC(C)(C=Cc4ccccc4)C3=O)CC2)C1=O. The number of hydrogen-bond acceptors (Lipinski definition) is 6. The van der Waals surface area contributed by atoms with Crippen LogP contribution in [0, 0.1) is 0 Å². The highest BCUT2D eigenvalue weighted by Crippen LogP contribution is 2.23. The first-order valence-corrected chi connectivity index (χ1v) is 13.4. The van der Waals surface area contributed by atoms with Crippen molar-refractivity contribution in [1.29, 1.82) is 0 Å². The molecule has 3 saturated heterocycles. The number of nitrogens with one attached hydrogen (secondary N) is 2. The largest absolute Gasteiger partial charge is 0.326 e. The number of carbonyl (C=O) groups is 4. The molecule has 2 aromatic rings. The summed E-state index contributed by atoms with van der Waals surface area (Å²) >= 11 is 0. The molecule has 0 saturated carbocycles. The fourth-order valence-corrected chi connectivity index (χ4v) is 5.04. The van der Waals surface area contributed by atoms with Crippen LogP contribution in [0.4, 0.5) is 9.59 Å². The van der Waals surface area contributed by atoms with Gasteiger partial charge in [0.25, 0.3) is 11.8 Å². The van der Waals surface area contributed by atoms with Gasteiger partial charge in [0, 0.05) is 26.2 Å². The highest BCUT2D eigenvalue weighted by atomic mass is 16.2. The zero-order valence-corrected chi connectivity index (χ0v) is 22.7. The summed E-state index contributed by atoms with van der Waals surface area (Å²) in [6.07, 6.45) is 7.11. The molecule has 2 unspecified atom stereocenters. The highest BCUT2D eigenvalue weighted by Gasteiger charge is 2.48. The van der Waals surface area contributed by atoms with Crippen LogP contribution >= 0.6 is 0 Å². The van der Waals surface area contributed by atoms with E-state index < -0.39 is 23.1 Å². The van der Waals surface area contributed by atoms with E-state index in [-0.39, 0.29) is 25.2 Å². The van der Waals surface area contributed by atoms with Gasteiger partial charge in [0.05, 0.1) is 13.3 Å². The Balaban J connectivity index is 1.13. The first-order chi connectivity index (χ1) is 19.2. The topological polar surface area (TPSA) is 105 Å². The summed E-state index contributed by atoms with van der Waals surface area (Å²) in [5.41, 5.74) is -0.337. The van der Waals surface area contributed by atoms with Crippen molar-refractivity contribution in [3.05, 3.63) is 83.9 Å². The van der Waals surface area contributed by atoms with Gasteiger partial charge in [-0.25, -0.2) is 19.4 Å². The van der Waals surface area contributed by atoms with Gasteiger partial charge < -0.3 is 10.6 Å². The number of carbonyl (C=O) groups excluding carboxylic acids is 4. The molecule has 10 nitrogen and oxygen atoms in total. The molecule has 0 bridgehead atoms. The maximum atomic E-state index is 13.2. The summed E-state index contributed by atoms with van der Waals surface area (Å²) in [5, 5.41) is 5.61. The Kier molecular flexibility index (Phi) is 7.55. The third-order valence-electron chi connectivity index (χ3n) is 7.57. The van der Waals surface area contributed by atoms with Gasteiger partial charge in [0.2, 0.25) is 0 Å². The molecular weight excluding hydrogens is 508 g/mol. The number of nitrogens with zero attached hydrogens (tertiary/aromatic N) is 4. The van der Waals surface area contributed by atoms with Crippen molar-refractivity contribution in [2.24, 2.45) is 0 Å². The van der Waals surface area contributed by atoms with Gasteiger partial charge >= 0.3 is 12.1 Å². The first-order valence-electron chi connectivity index (χ1n) is 13.4. The molecule has 3 aliphatic rings. The molecule has 0 aliphatic carbocycles. The standard InChI is InChI=1S/C30H34N6O4/c1-29(15-13-23-9-5-3-6-10-23)25(37)35(27(39)31-29)21-33-17-19-34(20-18-33)22-36-26(38)30(2,32-28(36)40)16-14-24-11-7-4-8-12-24/h3-16H,17-22H2,1-2H3,(H,31,39)(H,32,40). The van der Waals surface area contributed by atoms with E-state index in [1.165, 1.54) is 9.80 Å². The molecule has 208 valence electrons. The molecule has 2 aromatic carbocycles. The maximum absolute atomic E-state index is 13.2. The van der Waals surface area contributed by atoms with Gasteiger partial charge in [0.1, 0.15) is 11.1 Å². The molecule has 3 fully saturated rings. The zero-order valence-electron chi connectivity index (χ0n) is 22.7. The van der Waals surface area contributed by atoms with Crippen molar-refractivity contribution < 1.29 is 19.2 Å². The van der Waals surface area contributed by atoms with E-state index in [1.807, 2.05) is 82.6 Å². The normalized spacial score (nSPS) is 26.4. The van der Waals surface area contributed by atoms with Crippen molar-refractivity contribution in [2.75, 3.05) is 39.5 Å². The van der Waals surface area contributed by atoms with E-state index >= 15 is 0 Å². The highest BCUT2D eigenvalue weighted by molar-refractivity contribution is 6.09. The second-order valence-electron chi connectivity index (χ2n) is 10.7. The lowest BCUT2D eigenvalue weighted by molar-refractivity contribution is -0.132. The Morgan fingerprint density at radius 1 is 0.625 bits per heavy atom. The van der Waals surface area contributed by atoms with Crippen LogP contribution < -0.4 is 10.6 Å². The second-order valence-corrected chi connectivity index (χ2v) is 10.7. The summed E-state index contributed by atoms with van der Waals surface area (Å²) in [5.74, 6) is -0.594. The predicted molar refractivity (Wildman–Crippen MR) is 151 cm³/mol. The fraction of sp³-hybridized carbons (Fsp3) is 0.333. The van der Waals surface area contributed by atoms with E-state index in [1.54, 1.807) is 26.0 Å². The average Bonchev–Trinajstić information content (AvgIpc) is 3.31. The molecule has 0 spiro atoms. The molecule has 5 rings (SSSR count). The van der Waals surface area contributed by atoms with Gasteiger partial charge in [0.15, 0.2) is 0 Å². The van der Waals surface area contributed by atoms with E-state index in [9.17, 15) is 19.2 Å². The molecule has 6 amide bonds. The Hall–Kier alpha value is -4.28. The van der Waals surface area contributed by atoms with Crippen LogP contribution in [0.15, 0.2) is 72.8 Å². The van der Waals surface area contributed by atoms with Gasteiger partial charge in [-0.05, 0) is 37.1 Å². The molecule has 3 aliphatic heterocycles. The predicted octanol–water partition coefficient (Wildman–Crippen LogP) is 2.57. The number of piperazine rings is 1. The Bertz CT molecular complexity index is 1230. The molecule has 2 atom stereocenters. The van der Waals surface area contributed by atoms with Crippen LogP contribution in [0.3, 0.4) is 0 Å². The Labute approximate surface area is 233 Å². The van der Waals surface area contributed by atoms with Crippen molar-refractivity contribution in [3.8, 4) is 0 Å². The van der Waals surface area contributed by atoms with Crippen molar-refractivity contribution in [2.45, 2.75) is 24.9 Å². The van der Waals surface area contributed by atoms with Gasteiger partial charge in [-0.3, -0.25) is 19.4 Å². The zero-order chi connectivity index (χ0) is 28.3. The van der Waals surface area contributed by atoms with Crippen molar-refractivity contribution >= 4 is 36.0 Å². The number of hydrogen-bond donors (Lipinski definition) is 2. The monoisotopic (exact) mass is 542 g/mol. The molecule has 40 heavy (non-hydrogen) atoms. The summed E-state index contributed by atoms with van der Waals surface area (Å²) in [6, 6.07) is 18.4. The van der Waals surface area contributed by atoms with E-state index in [4.69, 9.17) is 0 Å². The summed E-state index contributed by atoms with van der Waals surface area (Å²) in [7, 11) is 0. The van der Waals surface area contributed by atoms with Crippen LogP contribution in [-0.4, -0.2) is 94.1 Å². The van der Waals surface area contributed by atoms with E-state index in [0.29, 0.717) is 26.2 Å². The van der Waals surface area contributed by atoms with Gasteiger partial charge in [-0.15, -0.1) is 0 Å². The van der Waals surface area contributed by atoms with E-state index in [0.717, 1.165) is 11.1 Å². The molecule has 2 N–H and O–H groups in total. The molecule has 10 heteroatoms. The Morgan fingerprint density at radius 2 is 0.975 bits per heavy atom. The van der Waals surface area contributed by atoms with Crippen molar-refractivity contribution in [1.82, 2.24) is 30.2 Å². The second kappa shape index (κ2) is 11.1. The first kappa shape index (κ1) is 27.3. The Morgan fingerprint density at radius 3 is 1.32 bits per heavy atom. The smallest absolute Gasteiger partial charge is 0.320 e. The lowest BCUT2D eigenvalue weighted by Gasteiger charge is -2.37. The van der Waals surface area contributed by atoms with Crippen LogP contribution in [-0.2, 0) is 9.59 Å². The summed E-state index contributed by atoms with van der Waals surface area (Å²) < 4.78 is 0. The minimum atomic E-state index is -1.11. The van der Waals surface area contributed by atoms with Crippen LogP contribution in [0.5, 0.6) is 0 Å². The summed E-state index contributed by atoms with van der Waals surface area (Å²) in [4.78, 5) is 58.2. The van der Waals surface area contributed by atoms with Gasteiger partial charge in [-0.2, -0.15) is 0 Å². The lowest BCUT2D eigenvalue weighted by atomic mass is 10.0. The number of benzene rings is 2. The van der Waals surface area contributed by atoms with E-state index in [2.05, 4.69) is 10.6 Å². The molecular formula is C30H34N6O4. The molecule has 3 heterocycles. The molecule has 0 aromatic heterocycles. The van der Waals surface area contributed by atoms with Crippen molar-refractivity contribution in [3.63, 3.8) is 0 Å². The van der Waals surface area contributed by atoms with Gasteiger partial charge in [-0.1, -0.05) is 72.8 Å². The summed E-state index contributed by atoms with van der Waals surface area (Å²) in [6.45, 7) is 6.10. The minimum Gasteiger partial charge on any atom is -0.320 e. The lowest BCUT2D eigenvalue weighted by Crippen LogP contribution is -2.54.